The monoisotopic (exact) mass is 450 g/mol. The standard InChI is InChI=1S/C18H16BrClN4OS/c1-11(12-2-6-14(19)7-3-12)21-16(25)10-26-18-22-17(23-24-18)13-4-8-15(20)9-5-13/h2-9,11H,10H2,1H3,(H,21,25)(H,22,23,24). The van der Waals surface area contributed by atoms with Gasteiger partial charge < -0.3 is 5.32 Å². The van der Waals surface area contributed by atoms with Crippen LogP contribution in [0.1, 0.15) is 18.5 Å². The van der Waals surface area contributed by atoms with Crippen LogP contribution in [0.4, 0.5) is 0 Å². The van der Waals surface area contributed by atoms with Gasteiger partial charge in [-0.15, -0.1) is 5.10 Å². The first-order valence-corrected chi connectivity index (χ1v) is 10.0. The number of benzene rings is 2. The molecule has 0 spiro atoms. The van der Waals surface area contributed by atoms with Crippen LogP contribution < -0.4 is 5.32 Å². The van der Waals surface area contributed by atoms with Crippen LogP contribution >= 0.6 is 39.3 Å². The Balaban J connectivity index is 1.53. The molecule has 1 atom stereocenters. The summed E-state index contributed by atoms with van der Waals surface area (Å²) < 4.78 is 1.01. The summed E-state index contributed by atoms with van der Waals surface area (Å²) in [6.45, 7) is 1.96. The molecule has 0 bridgehead atoms. The van der Waals surface area contributed by atoms with Crippen molar-refractivity contribution < 1.29 is 4.79 Å². The van der Waals surface area contributed by atoms with E-state index in [4.69, 9.17) is 11.6 Å². The molecule has 0 aliphatic carbocycles. The molecule has 134 valence electrons. The van der Waals surface area contributed by atoms with Gasteiger partial charge in [-0.1, -0.05) is 51.4 Å². The molecule has 0 saturated heterocycles. The number of carbonyl (C=O) groups is 1. The third-order valence-corrected chi connectivity index (χ3v) is 5.29. The second-order valence-electron chi connectivity index (χ2n) is 5.60. The molecule has 2 N–H and O–H groups in total. The van der Waals surface area contributed by atoms with Crippen molar-refractivity contribution in [2.75, 3.05) is 5.75 Å². The molecule has 2 aromatic carbocycles. The Kier molecular flexibility index (Phi) is 6.34. The fourth-order valence-corrected chi connectivity index (χ4v) is 3.30. The highest BCUT2D eigenvalue weighted by molar-refractivity contribution is 9.10. The van der Waals surface area contributed by atoms with Gasteiger partial charge in [0.25, 0.3) is 0 Å². The van der Waals surface area contributed by atoms with E-state index in [0.29, 0.717) is 16.0 Å². The van der Waals surface area contributed by atoms with E-state index in [1.807, 2.05) is 43.3 Å². The molecule has 3 rings (SSSR count). The average Bonchev–Trinajstić information content (AvgIpc) is 3.10. The van der Waals surface area contributed by atoms with E-state index in [2.05, 4.69) is 36.4 Å². The molecule has 0 radical (unpaired) electrons. The van der Waals surface area contributed by atoms with Gasteiger partial charge in [0.05, 0.1) is 11.8 Å². The molecule has 3 aromatic rings. The Morgan fingerprint density at radius 1 is 1.23 bits per heavy atom. The van der Waals surface area contributed by atoms with Gasteiger partial charge in [-0.2, -0.15) is 0 Å². The summed E-state index contributed by atoms with van der Waals surface area (Å²) in [6.07, 6.45) is 0. The minimum absolute atomic E-state index is 0.0621. The molecule has 1 heterocycles. The minimum Gasteiger partial charge on any atom is -0.349 e. The van der Waals surface area contributed by atoms with E-state index in [0.717, 1.165) is 15.6 Å². The second-order valence-corrected chi connectivity index (χ2v) is 7.90. The first-order valence-electron chi connectivity index (χ1n) is 7.87. The highest BCUT2D eigenvalue weighted by Gasteiger charge is 2.12. The third kappa shape index (κ3) is 5.09. The maximum Gasteiger partial charge on any atom is 0.230 e. The van der Waals surface area contributed by atoms with E-state index < -0.39 is 0 Å². The number of hydrogen-bond acceptors (Lipinski definition) is 4. The number of H-pyrrole nitrogens is 1. The number of hydrogen-bond donors (Lipinski definition) is 2. The van der Waals surface area contributed by atoms with E-state index >= 15 is 0 Å². The molecule has 0 aliphatic rings. The second kappa shape index (κ2) is 8.70. The minimum atomic E-state index is -0.0664. The lowest BCUT2D eigenvalue weighted by molar-refractivity contribution is -0.119. The number of aromatic amines is 1. The number of halogens is 2. The number of thioether (sulfide) groups is 1. The topological polar surface area (TPSA) is 70.7 Å². The summed E-state index contributed by atoms with van der Waals surface area (Å²) in [5.41, 5.74) is 1.94. The average molecular weight is 452 g/mol. The molecule has 1 unspecified atom stereocenters. The quantitative estimate of drug-likeness (QED) is 0.525. The van der Waals surface area contributed by atoms with E-state index in [-0.39, 0.29) is 17.7 Å². The molecule has 8 heteroatoms. The molecule has 0 aliphatic heterocycles. The summed E-state index contributed by atoms with van der Waals surface area (Å²) in [6, 6.07) is 15.1. The van der Waals surface area contributed by atoms with Gasteiger partial charge in [-0.25, -0.2) is 4.98 Å². The van der Waals surface area contributed by atoms with Gasteiger partial charge in [0.2, 0.25) is 11.1 Å². The van der Waals surface area contributed by atoms with Crippen LogP contribution in [0.2, 0.25) is 5.02 Å². The summed E-state index contributed by atoms with van der Waals surface area (Å²) in [5.74, 6) is 0.828. The van der Waals surface area contributed by atoms with Crippen molar-refractivity contribution >= 4 is 45.2 Å². The lowest BCUT2D eigenvalue weighted by atomic mass is 10.1. The molecule has 0 saturated carbocycles. The Morgan fingerprint density at radius 3 is 2.62 bits per heavy atom. The molecular formula is C18H16BrClN4OS. The molecule has 0 fully saturated rings. The van der Waals surface area contributed by atoms with Gasteiger partial charge in [0.1, 0.15) is 0 Å². The predicted molar refractivity (Wildman–Crippen MR) is 108 cm³/mol. The van der Waals surface area contributed by atoms with Crippen molar-refractivity contribution in [2.24, 2.45) is 0 Å². The van der Waals surface area contributed by atoms with Crippen LogP contribution in [0.25, 0.3) is 11.4 Å². The Morgan fingerprint density at radius 2 is 1.92 bits per heavy atom. The fraction of sp³-hybridized carbons (Fsp3) is 0.167. The molecule has 1 amide bonds. The van der Waals surface area contributed by atoms with Gasteiger partial charge in [0, 0.05) is 15.1 Å². The third-order valence-electron chi connectivity index (χ3n) is 3.66. The number of carbonyl (C=O) groups excluding carboxylic acids is 1. The highest BCUT2D eigenvalue weighted by Crippen LogP contribution is 2.21. The normalized spacial score (nSPS) is 12.0. The summed E-state index contributed by atoms with van der Waals surface area (Å²) in [7, 11) is 0. The van der Waals surface area contributed by atoms with Crippen molar-refractivity contribution in [1.29, 1.82) is 0 Å². The van der Waals surface area contributed by atoms with Crippen LogP contribution in [0.15, 0.2) is 58.2 Å². The zero-order valence-corrected chi connectivity index (χ0v) is 17.0. The van der Waals surface area contributed by atoms with Crippen molar-refractivity contribution in [3.63, 3.8) is 0 Å². The molecule has 1 aromatic heterocycles. The maximum absolute atomic E-state index is 12.2. The SMILES string of the molecule is CC(NC(=O)CSc1n[nH]c(-c2ccc(Cl)cc2)n1)c1ccc(Br)cc1. The van der Waals surface area contributed by atoms with Crippen molar-refractivity contribution in [3.05, 3.63) is 63.6 Å². The van der Waals surface area contributed by atoms with Crippen LogP contribution in [0.3, 0.4) is 0 Å². The summed E-state index contributed by atoms with van der Waals surface area (Å²) in [4.78, 5) is 16.6. The number of rotatable bonds is 6. The Bertz CT molecular complexity index is 883. The van der Waals surface area contributed by atoms with Gasteiger partial charge >= 0.3 is 0 Å². The van der Waals surface area contributed by atoms with Gasteiger partial charge in [-0.3, -0.25) is 9.89 Å². The number of nitrogens with zero attached hydrogens (tertiary/aromatic N) is 2. The smallest absolute Gasteiger partial charge is 0.230 e. The zero-order valence-electron chi connectivity index (χ0n) is 13.9. The Hall–Kier alpha value is -1.83. The highest BCUT2D eigenvalue weighted by atomic mass is 79.9. The Labute approximate surface area is 169 Å². The molecule has 26 heavy (non-hydrogen) atoms. The van der Waals surface area contributed by atoms with Gasteiger partial charge in [0.15, 0.2) is 5.82 Å². The number of nitrogens with one attached hydrogen (secondary N) is 2. The van der Waals surface area contributed by atoms with Crippen molar-refractivity contribution in [1.82, 2.24) is 20.5 Å². The van der Waals surface area contributed by atoms with Crippen LogP contribution in [0, 0.1) is 0 Å². The fourth-order valence-electron chi connectivity index (χ4n) is 2.30. The molecule has 5 nitrogen and oxygen atoms in total. The van der Waals surface area contributed by atoms with Crippen molar-refractivity contribution in [3.8, 4) is 11.4 Å². The number of aromatic nitrogens is 3. The zero-order chi connectivity index (χ0) is 18.5. The molecular weight excluding hydrogens is 436 g/mol. The summed E-state index contributed by atoms with van der Waals surface area (Å²) >= 11 is 10.6. The van der Waals surface area contributed by atoms with Crippen molar-refractivity contribution in [2.45, 2.75) is 18.1 Å². The first-order chi connectivity index (χ1) is 12.5. The van der Waals surface area contributed by atoms with Crippen LogP contribution in [-0.4, -0.2) is 26.8 Å². The van der Waals surface area contributed by atoms with Gasteiger partial charge in [-0.05, 0) is 48.9 Å². The largest absolute Gasteiger partial charge is 0.349 e. The van der Waals surface area contributed by atoms with E-state index in [1.54, 1.807) is 12.1 Å². The maximum atomic E-state index is 12.2. The van der Waals surface area contributed by atoms with Crippen LogP contribution in [0.5, 0.6) is 0 Å². The predicted octanol–water partition coefficient (Wildman–Crippen LogP) is 4.86. The first kappa shape index (κ1) is 18.9. The lowest BCUT2D eigenvalue weighted by Gasteiger charge is -2.14. The number of amides is 1. The van der Waals surface area contributed by atoms with E-state index in [1.165, 1.54) is 11.8 Å². The van der Waals surface area contributed by atoms with Crippen LogP contribution in [-0.2, 0) is 4.79 Å². The lowest BCUT2D eigenvalue weighted by Crippen LogP contribution is -2.28. The van der Waals surface area contributed by atoms with E-state index in [9.17, 15) is 4.79 Å². The summed E-state index contributed by atoms with van der Waals surface area (Å²) in [5, 5.41) is 11.2.